The predicted octanol–water partition coefficient (Wildman–Crippen LogP) is 5.09. The molecule has 0 aliphatic carbocycles. The third-order valence-electron chi connectivity index (χ3n) is 5.16. The molecule has 3 aromatic rings. The summed E-state index contributed by atoms with van der Waals surface area (Å²) in [5.74, 6) is 1.60. The van der Waals surface area contributed by atoms with Crippen molar-refractivity contribution in [3.8, 4) is 16.3 Å². The van der Waals surface area contributed by atoms with Crippen LogP contribution in [0.4, 0.5) is 5.95 Å². The number of thiophene rings is 1. The smallest absolute Gasteiger partial charge is 0.223 e. The van der Waals surface area contributed by atoms with Crippen LogP contribution in [0.25, 0.3) is 20.7 Å². The molecule has 2 N–H and O–H groups in total. The fraction of sp³-hybridized carbons (Fsp3) is 0.455. The highest BCUT2D eigenvalue weighted by molar-refractivity contribution is 7.22. The summed E-state index contributed by atoms with van der Waals surface area (Å²) in [6, 6.07) is 10.6. The molecule has 0 bridgehead atoms. The number of nitrogens with one attached hydrogen (secondary N) is 2. The Morgan fingerprint density at radius 2 is 1.89 bits per heavy atom. The Bertz CT molecular complexity index is 979. The normalized spacial score (nSPS) is 18.9. The van der Waals surface area contributed by atoms with Gasteiger partial charge in [0.25, 0.3) is 0 Å². The molecule has 0 saturated carbocycles. The summed E-state index contributed by atoms with van der Waals surface area (Å²) in [4.78, 5) is 10.4. The molecule has 148 valence electrons. The van der Waals surface area contributed by atoms with Crippen LogP contribution >= 0.6 is 11.3 Å². The zero-order chi connectivity index (χ0) is 19.9. The minimum atomic E-state index is 0.0824. The van der Waals surface area contributed by atoms with Crippen molar-refractivity contribution in [2.24, 2.45) is 0 Å². The number of fused-ring (bicyclic) bond motifs is 1. The Morgan fingerprint density at radius 3 is 2.61 bits per heavy atom. The van der Waals surface area contributed by atoms with E-state index in [-0.39, 0.29) is 11.1 Å². The second-order valence-corrected chi connectivity index (χ2v) is 9.95. The number of piperidine rings is 1. The van der Waals surface area contributed by atoms with E-state index in [2.05, 4.69) is 55.4 Å². The van der Waals surface area contributed by atoms with E-state index in [0.717, 1.165) is 33.9 Å². The summed E-state index contributed by atoms with van der Waals surface area (Å²) in [7, 11) is 1.71. The van der Waals surface area contributed by atoms with E-state index in [9.17, 15) is 0 Å². The average Bonchev–Trinajstić information content (AvgIpc) is 3.03. The maximum absolute atomic E-state index is 5.50. The number of anilines is 1. The lowest BCUT2D eigenvalue weighted by atomic mass is 9.80. The molecule has 4 rings (SSSR count). The van der Waals surface area contributed by atoms with Crippen molar-refractivity contribution in [1.29, 1.82) is 0 Å². The summed E-state index contributed by atoms with van der Waals surface area (Å²) in [6.45, 7) is 9.02. The lowest BCUT2D eigenvalue weighted by molar-refractivity contribution is 0.170. The van der Waals surface area contributed by atoms with E-state index in [1.54, 1.807) is 18.4 Å². The van der Waals surface area contributed by atoms with E-state index in [1.165, 1.54) is 5.39 Å². The monoisotopic (exact) mass is 396 g/mol. The Balaban J connectivity index is 1.60. The van der Waals surface area contributed by atoms with Crippen molar-refractivity contribution < 1.29 is 4.74 Å². The second kappa shape index (κ2) is 7.01. The van der Waals surface area contributed by atoms with E-state index < -0.39 is 0 Å². The summed E-state index contributed by atoms with van der Waals surface area (Å²) in [5.41, 5.74) is 1.10. The molecule has 0 amide bonds. The van der Waals surface area contributed by atoms with Crippen molar-refractivity contribution in [2.45, 2.75) is 57.7 Å². The summed E-state index contributed by atoms with van der Waals surface area (Å²) >= 11 is 1.70. The topological polar surface area (TPSA) is 59.1 Å². The molecule has 2 aromatic heterocycles. The zero-order valence-corrected chi connectivity index (χ0v) is 18.0. The van der Waals surface area contributed by atoms with Crippen LogP contribution in [0.5, 0.6) is 5.75 Å². The maximum atomic E-state index is 5.50. The highest BCUT2D eigenvalue weighted by atomic mass is 32.1. The maximum Gasteiger partial charge on any atom is 0.223 e. The van der Waals surface area contributed by atoms with Crippen LogP contribution < -0.4 is 15.4 Å². The number of methoxy groups -OCH3 is 1. The average molecular weight is 397 g/mol. The second-order valence-electron chi connectivity index (χ2n) is 8.90. The van der Waals surface area contributed by atoms with Gasteiger partial charge in [0.1, 0.15) is 5.75 Å². The lowest BCUT2D eigenvalue weighted by Crippen LogP contribution is -2.60. The molecule has 1 aromatic carbocycles. The summed E-state index contributed by atoms with van der Waals surface area (Å²) in [5, 5.41) is 8.47. The van der Waals surface area contributed by atoms with Gasteiger partial charge in [-0.15, -0.1) is 11.3 Å². The molecule has 28 heavy (non-hydrogen) atoms. The van der Waals surface area contributed by atoms with Gasteiger partial charge in [-0.1, -0.05) is 12.1 Å². The Hall–Kier alpha value is -2.18. The number of hydrogen-bond acceptors (Lipinski definition) is 6. The van der Waals surface area contributed by atoms with E-state index in [4.69, 9.17) is 9.72 Å². The predicted molar refractivity (Wildman–Crippen MR) is 117 cm³/mol. The SMILES string of the molecule is COc1cccc2cc(-c3ccnc(NC4CC(C)(C)NC(C)(C)C4)n3)sc12. The molecular formula is C22H28N4OS. The first-order chi connectivity index (χ1) is 13.2. The standard InChI is InChI=1S/C22H28N4OS/c1-21(2)12-15(13-22(3,4)26-21)24-20-23-10-9-16(25-20)18-11-14-7-6-8-17(27-5)19(14)28-18/h6-11,15,26H,12-13H2,1-5H3,(H,23,24,25). The van der Waals surface area contributed by atoms with Crippen LogP contribution in [0.2, 0.25) is 0 Å². The lowest BCUT2D eigenvalue weighted by Gasteiger charge is -2.46. The number of benzene rings is 1. The summed E-state index contributed by atoms with van der Waals surface area (Å²) < 4.78 is 6.65. The molecule has 1 saturated heterocycles. The molecule has 1 aliphatic rings. The third kappa shape index (κ3) is 3.98. The van der Waals surface area contributed by atoms with Crippen LogP contribution in [-0.4, -0.2) is 34.2 Å². The first-order valence-electron chi connectivity index (χ1n) is 9.71. The van der Waals surface area contributed by atoms with Crippen molar-refractivity contribution in [3.63, 3.8) is 0 Å². The molecule has 6 heteroatoms. The zero-order valence-electron chi connectivity index (χ0n) is 17.2. The largest absolute Gasteiger partial charge is 0.495 e. The van der Waals surface area contributed by atoms with Gasteiger partial charge in [0.15, 0.2) is 0 Å². The first kappa shape index (κ1) is 19.2. The number of nitrogens with zero attached hydrogens (tertiary/aromatic N) is 2. The third-order valence-corrected chi connectivity index (χ3v) is 6.35. The molecule has 3 heterocycles. The van der Waals surface area contributed by atoms with Crippen LogP contribution in [-0.2, 0) is 0 Å². The Labute approximate surface area is 170 Å². The van der Waals surface area contributed by atoms with E-state index >= 15 is 0 Å². The van der Waals surface area contributed by atoms with Gasteiger partial charge in [0.2, 0.25) is 5.95 Å². The van der Waals surface area contributed by atoms with Crippen LogP contribution in [0.15, 0.2) is 36.5 Å². The number of ether oxygens (including phenoxy) is 1. The van der Waals surface area contributed by atoms with Crippen LogP contribution in [0.1, 0.15) is 40.5 Å². The molecule has 0 spiro atoms. The van der Waals surface area contributed by atoms with Crippen LogP contribution in [0.3, 0.4) is 0 Å². The van der Waals surface area contributed by atoms with Gasteiger partial charge in [-0.3, -0.25) is 0 Å². The van der Waals surface area contributed by atoms with Gasteiger partial charge >= 0.3 is 0 Å². The fourth-order valence-electron chi connectivity index (χ4n) is 4.50. The van der Waals surface area contributed by atoms with Gasteiger partial charge in [-0.25, -0.2) is 9.97 Å². The van der Waals surface area contributed by atoms with Gasteiger partial charge in [-0.05, 0) is 64.1 Å². The van der Waals surface area contributed by atoms with Gasteiger partial charge < -0.3 is 15.4 Å². The molecular weight excluding hydrogens is 368 g/mol. The fourth-order valence-corrected chi connectivity index (χ4v) is 5.62. The van der Waals surface area contributed by atoms with Crippen molar-refractivity contribution in [2.75, 3.05) is 12.4 Å². The van der Waals surface area contributed by atoms with Gasteiger partial charge in [0.05, 0.1) is 22.4 Å². The van der Waals surface area contributed by atoms with Gasteiger partial charge in [-0.2, -0.15) is 0 Å². The summed E-state index contributed by atoms with van der Waals surface area (Å²) in [6.07, 6.45) is 3.90. The molecule has 5 nitrogen and oxygen atoms in total. The molecule has 0 unspecified atom stereocenters. The number of rotatable bonds is 4. The van der Waals surface area contributed by atoms with Crippen molar-refractivity contribution in [1.82, 2.24) is 15.3 Å². The molecule has 0 radical (unpaired) electrons. The van der Waals surface area contributed by atoms with Crippen LogP contribution in [0, 0.1) is 0 Å². The minimum Gasteiger partial charge on any atom is -0.495 e. The Kier molecular flexibility index (Phi) is 4.79. The first-order valence-corrected chi connectivity index (χ1v) is 10.5. The van der Waals surface area contributed by atoms with Crippen molar-refractivity contribution in [3.05, 3.63) is 36.5 Å². The van der Waals surface area contributed by atoms with E-state index in [1.807, 2.05) is 24.4 Å². The van der Waals surface area contributed by atoms with Crippen molar-refractivity contribution >= 4 is 27.4 Å². The highest BCUT2D eigenvalue weighted by Gasteiger charge is 2.37. The minimum absolute atomic E-state index is 0.0824. The number of aromatic nitrogens is 2. The number of hydrogen-bond donors (Lipinski definition) is 2. The quantitative estimate of drug-likeness (QED) is 0.643. The Morgan fingerprint density at radius 1 is 1.14 bits per heavy atom. The molecule has 1 aliphatic heterocycles. The van der Waals surface area contributed by atoms with Gasteiger partial charge in [0, 0.05) is 23.3 Å². The molecule has 0 atom stereocenters. The molecule has 1 fully saturated rings. The highest BCUT2D eigenvalue weighted by Crippen LogP contribution is 2.38. The van der Waals surface area contributed by atoms with E-state index in [0.29, 0.717) is 12.0 Å².